The van der Waals surface area contributed by atoms with E-state index in [9.17, 15) is 8.78 Å². The number of nitrogens with two attached hydrogens (primary N) is 1. The second-order valence-corrected chi connectivity index (χ2v) is 3.43. The quantitative estimate of drug-likeness (QED) is 0.882. The third kappa shape index (κ3) is 2.80. The lowest BCUT2D eigenvalue weighted by Crippen LogP contribution is -2.04. The van der Waals surface area contributed by atoms with Crippen LogP contribution in [0.15, 0.2) is 28.8 Å². The van der Waals surface area contributed by atoms with E-state index >= 15 is 0 Å². The van der Waals surface area contributed by atoms with Gasteiger partial charge in [0.25, 0.3) is 0 Å². The first-order valence-electron chi connectivity index (χ1n) is 5.27. The van der Waals surface area contributed by atoms with Gasteiger partial charge in [0.1, 0.15) is 5.75 Å². The van der Waals surface area contributed by atoms with Crippen molar-refractivity contribution >= 4 is 0 Å². The van der Waals surface area contributed by atoms with Crippen LogP contribution in [-0.2, 0) is 6.42 Å². The van der Waals surface area contributed by atoms with Crippen LogP contribution in [0.1, 0.15) is 5.89 Å². The highest BCUT2D eigenvalue weighted by molar-refractivity contribution is 5.63. The number of hydrogen-bond donors (Lipinski definition) is 1. The van der Waals surface area contributed by atoms with Gasteiger partial charge >= 0.3 is 6.61 Å². The normalized spacial score (nSPS) is 10.9. The third-order valence-electron chi connectivity index (χ3n) is 2.17. The number of alkyl halides is 2. The first-order valence-corrected chi connectivity index (χ1v) is 5.27. The minimum Gasteiger partial charge on any atom is -0.434 e. The van der Waals surface area contributed by atoms with Crippen LogP contribution in [0.5, 0.6) is 5.75 Å². The number of hydrogen-bond acceptors (Lipinski definition) is 5. The van der Waals surface area contributed by atoms with Crippen molar-refractivity contribution in [3.8, 4) is 17.1 Å². The van der Waals surface area contributed by atoms with Crippen LogP contribution in [0.2, 0.25) is 0 Å². The molecule has 0 aliphatic heterocycles. The molecule has 0 aliphatic rings. The van der Waals surface area contributed by atoms with Gasteiger partial charge in [0.15, 0.2) is 0 Å². The minimum absolute atomic E-state index is 0.00704. The Labute approximate surface area is 102 Å². The second-order valence-electron chi connectivity index (χ2n) is 3.43. The number of para-hydroxylation sites is 1. The molecule has 5 nitrogen and oxygen atoms in total. The summed E-state index contributed by atoms with van der Waals surface area (Å²) in [5.74, 6) is 0.571. The summed E-state index contributed by atoms with van der Waals surface area (Å²) in [5.41, 5.74) is 5.70. The Morgan fingerprint density at radius 3 is 2.83 bits per heavy atom. The fraction of sp³-hybridized carbons (Fsp3) is 0.273. The molecule has 0 saturated carbocycles. The van der Waals surface area contributed by atoms with Crippen molar-refractivity contribution in [2.75, 3.05) is 6.54 Å². The van der Waals surface area contributed by atoms with Gasteiger partial charge in [-0.1, -0.05) is 17.3 Å². The van der Waals surface area contributed by atoms with Gasteiger partial charge in [-0.2, -0.15) is 13.8 Å². The Balaban J connectivity index is 2.30. The van der Waals surface area contributed by atoms with Crippen LogP contribution in [-0.4, -0.2) is 23.3 Å². The van der Waals surface area contributed by atoms with Gasteiger partial charge in [0.05, 0.1) is 5.56 Å². The molecule has 0 saturated heterocycles. The van der Waals surface area contributed by atoms with E-state index in [4.69, 9.17) is 10.3 Å². The molecule has 1 heterocycles. The Morgan fingerprint density at radius 2 is 2.11 bits per heavy atom. The lowest BCUT2D eigenvalue weighted by atomic mass is 10.2. The summed E-state index contributed by atoms with van der Waals surface area (Å²) in [6.45, 7) is -2.53. The zero-order valence-corrected chi connectivity index (χ0v) is 9.35. The molecule has 1 aromatic heterocycles. The van der Waals surface area contributed by atoms with E-state index in [0.29, 0.717) is 24.4 Å². The van der Waals surface area contributed by atoms with Gasteiger partial charge in [-0.25, -0.2) is 0 Å². The molecule has 96 valence electrons. The summed E-state index contributed by atoms with van der Waals surface area (Å²) in [5, 5.41) is 3.71. The van der Waals surface area contributed by atoms with Gasteiger partial charge in [0.2, 0.25) is 11.7 Å². The zero-order valence-electron chi connectivity index (χ0n) is 9.35. The third-order valence-corrected chi connectivity index (χ3v) is 2.17. The van der Waals surface area contributed by atoms with Gasteiger partial charge < -0.3 is 15.0 Å². The standard InChI is InChI=1S/C11H11F2N3O2/c12-11(13)17-8-4-2-1-3-7(8)10-15-9(5-6-14)18-16-10/h1-4,11H,5-6,14H2. The van der Waals surface area contributed by atoms with Crippen LogP contribution in [0.4, 0.5) is 8.78 Å². The molecule has 2 N–H and O–H groups in total. The van der Waals surface area contributed by atoms with E-state index in [0.717, 1.165) is 0 Å². The van der Waals surface area contributed by atoms with Crippen molar-refractivity contribution < 1.29 is 18.0 Å². The Morgan fingerprint density at radius 1 is 1.33 bits per heavy atom. The smallest absolute Gasteiger partial charge is 0.387 e. The van der Waals surface area contributed by atoms with Gasteiger partial charge in [-0.05, 0) is 12.1 Å². The van der Waals surface area contributed by atoms with Gasteiger partial charge in [-0.3, -0.25) is 0 Å². The van der Waals surface area contributed by atoms with Crippen molar-refractivity contribution in [1.29, 1.82) is 0 Å². The predicted molar refractivity (Wildman–Crippen MR) is 59.1 cm³/mol. The largest absolute Gasteiger partial charge is 0.434 e. The Kier molecular flexibility index (Phi) is 3.83. The molecule has 0 spiro atoms. The van der Waals surface area contributed by atoms with Crippen molar-refractivity contribution in [3.63, 3.8) is 0 Å². The molecule has 1 aromatic carbocycles. The summed E-state index contributed by atoms with van der Waals surface area (Å²) in [6.07, 6.45) is 0.435. The maximum absolute atomic E-state index is 12.2. The average molecular weight is 255 g/mol. The molecule has 18 heavy (non-hydrogen) atoms. The van der Waals surface area contributed by atoms with E-state index in [1.54, 1.807) is 18.2 Å². The highest BCUT2D eigenvalue weighted by Crippen LogP contribution is 2.28. The number of halogens is 2. The Bertz CT molecular complexity index is 516. The Hall–Kier alpha value is -2.02. The molecule has 2 rings (SSSR count). The highest BCUT2D eigenvalue weighted by atomic mass is 19.3. The number of rotatable bonds is 5. The van der Waals surface area contributed by atoms with Crippen molar-refractivity contribution in [1.82, 2.24) is 10.1 Å². The molecule has 0 fully saturated rings. The van der Waals surface area contributed by atoms with E-state index in [1.807, 2.05) is 0 Å². The van der Waals surface area contributed by atoms with Crippen LogP contribution in [0, 0.1) is 0 Å². The molecular formula is C11H11F2N3O2. The molecule has 0 bridgehead atoms. The zero-order chi connectivity index (χ0) is 13.0. The van der Waals surface area contributed by atoms with E-state index in [-0.39, 0.29) is 11.6 Å². The van der Waals surface area contributed by atoms with E-state index in [1.165, 1.54) is 6.07 Å². The lowest BCUT2D eigenvalue weighted by Gasteiger charge is -2.07. The lowest BCUT2D eigenvalue weighted by molar-refractivity contribution is -0.0494. The van der Waals surface area contributed by atoms with Crippen molar-refractivity contribution in [3.05, 3.63) is 30.2 Å². The number of aromatic nitrogens is 2. The van der Waals surface area contributed by atoms with E-state index < -0.39 is 6.61 Å². The minimum atomic E-state index is -2.90. The molecule has 0 amide bonds. The molecule has 0 atom stereocenters. The topological polar surface area (TPSA) is 74.2 Å². The van der Waals surface area contributed by atoms with Crippen LogP contribution in [0.3, 0.4) is 0 Å². The summed E-state index contributed by atoms with van der Waals surface area (Å²) in [4.78, 5) is 4.06. The van der Waals surface area contributed by atoms with E-state index in [2.05, 4.69) is 14.9 Å². The van der Waals surface area contributed by atoms with Gasteiger partial charge in [0, 0.05) is 13.0 Å². The molecule has 2 aromatic rings. The van der Waals surface area contributed by atoms with Crippen LogP contribution in [0.25, 0.3) is 11.4 Å². The summed E-state index contributed by atoms with van der Waals surface area (Å²) >= 11 is 0. The first-order chi connectivity index (χ1) is 8.70. The maximum atomic E-state index is 12.2. The number of nitrogens with zero attached hydrogens (tertiary/aromatic N) is 2. The predicted octanol–water partition coefficient (Wildman–Crippen LogP) is 1.84. The summed E-state index contributed by atoms with van der Waals surface area (Å²) in [6, 6.07) is 6.25. The molecular weight excluding hydrogens is 244 g/mol. The number of benzene rings is 1. The first kappa shape index (κ1) is 12.4. The maximum Gasteiger partial charge on any atom is 0.387 e. The summed E-state index contributed by atoms with van der Waals surface area (Å²) in [7, 11) is 0. The van der Waals surface area contributed by atoms with Crippen molar-refractivity contribution in [2.24, 2.45) is 5.73 Å². The fourth-order valence-electron chi connectivity index (χ4n) is 1.44. The SMILES string of the molecule is NCCc1nc(-c2ccccc2OC(F)F)no1. The van der Waals surface area contributed by atoms with Crippen molar-refractivity contribution in [2.45, 2.75) is 13.0 Å². The summed E-state index contributed by atoms with van der Waals surface area (Å²) < 4.78 is 33.8. The molecule has 7 heteroatoms. The molecule has 0 aliphatic carbocycles. The molecule has 0 radical (unpaired) electrons. The second kappa shape index (κ2) is 5.54. The average Bonchev–Trinajstić information content (AvgIpc) is 2.78. The van der Waals surface area contributed by atoms with Crippen LogP contribution < -0.4 is 10.5 Å². The monoisotopic (exact) mass is 255 g/mol. The van der Waals surface area contributed by atoms with Gasteiger partial charge in [-0.15, -0.1) is 0 Å². The fourth-order valence-corrected chi connectivity index (χ4v) is 1.44. The highest BCUT2D eigenvalue weighted by Gasteiger charge is 2.15. The van der Waals surface area contributed by atoms with Crippen LogP contribution >= 0.6 is 0 Å². The molecule has 0 unspecified atom stereocenters. The number of ether oxygens (including phenoxy) is 1.